The molecule has 2 atom stereocenters. The topological polar surface area (TPSA) is 98.5 Å². The minimum atomic E-state index is -3.73. The fourth-order valence-electron chi connectivity index (χ4n) is 2.19. The lowest BCUT2D eigenvalue weighted by Gasteiger charge is -2.24. The number of nitrogens with zero attached hydrogens (tertiary/aromatic N) is 2. The summed E-state index contributed by atoms with van der Waals surface area (Å²) in [6.07, 6.45) is 0. The molecule has 0 saturated carbocycles. The minimum Gasteiger partial charge on any atom is -0.480 e. The number of aliphatic carboxylic acids is 1. The summed E-state index contributed by atoms with van der Waals surface area (Å²) in [5, 5.41) is 17.5. The van der Waals surface area contributed by atoms with E-state index >= 15 is 0 Å². The van der Waals surface area contributed by atoms with Gasteiger partial charge in [0.1, 0.15) is 6.04 Å². The Bertz CT molecular complexity index is 679. The van der Waals surface area contributed by atoms with Gasteiger partial charge < -0.3 is 5.11 Å². The second kappa shape index (κ2) is 6.05. The summed E-state index contributed by atoms with van der Waals surface area (Å²) in [6.45, 7) is 1.68. The zero-order chi connectivity index (χ0) is 15.6. The first-order valence-electron chi connectivity index (χ1n) is 6.20. The van der Waals surface area contributed by atoms with Gasteiger partial charge in [-0.25, -0.2) is 8.42 Å². The van der Waals surface area contributed by atoms with Crippen LogP contribution in [0.5, 0.6) is 0 Å². The van der Waals surface area contributed by atoms with E-state index in [-0.39, 0.29) is 11.5 Å². The van der Waals surface area contributed by atoms with Crippen LogP contribution in [0.2, 0.25) is 0 Å². The van der Waals surface area contributed by atoms with Crippen molar-refractivity contribution in [2.75, 3.05) is 5.75 Å². The quantitative estimate of drug-likeness (QED) is 0.893. The number of thioether (sulfide) groups is 1. The molecule has 0 amide bonds. The van der Waals surface area contributed by atoms with Crippen molar-refractivity contribution >= 4 is 27.8 Å². The summed E-state index contributed by atoms with van der Waals surface area (Å²) < 4.78 is 26.0. The summed E-state index contributed by atoms with van der Waals surface area (Å²) in [6, 6.07) is 7.17. The first-order valence-corrected chi connectivity index (χ1v) is 8.85. The summed E-state index contributed by atoms with van der Waals surface area (Å²) >= 11 is 1.31. The Morgan fingerprint density at radius 1 is 1.48 bits per heavy atom. The standard InChI is InChI=1S/C13H14N2O4S2/c1-9-15(12(7-20-9)13(16)17)21(18,19)8-11-4-2-10(6-14)3-5-11/h2-5,9,12H,7-8H2,1H3,(H,16,17). The Morgan fingerprint density at radius 3 is 2.62 bits per heavy atom. The van der Waals surface area contributed by atoms with E-state index in [0.29, 0.717) is 11.1 Å². The Labute approximate surface area is 127 Å². The van der Waals surface area contributed by atoms with Gasteiger partial charge in [0, 0.05) is 5.75 Å². The number of nitriles is 1. The summed E-state index contributed by atoms with van der Waals surface area (Å²) in [5.41, 5.74) is 0.979. The van der Waals surface area contributed by atoms with Crippen LogP contribution < -0.4 is 0 Å². The van der Waals surface area contributed by atoms with Crippen LogP contribution >= 0.6 is 11.8 Å². The van der Waals surface area contributed by atoms with E-state index in [1.54, 1.807) is 31.2 Å². The van der Waals surface area contributed by atoms with E-state index in [1.165, 1.54) is 11.8 Å². The van der Waals surface area contributed by atoms with Gasteiger partial charge in [-0.2, -0.15) is 9.57 Å². The van der Waals surface area contributed by atoms with Crippen LogP contribution in [0.25, 0.3) is 0 Å². The van der Waals surface area contributed by atoms with Crippen LogP contribution in [0.1, 0.15) is 18.1 Å². The average molecular weight is 326 g/mol. The molecule has 0 aliphatic carbocycles. The second-order valence-electron chi connectivity index (χ2n) is 4.68. The third-order valence-corrected chi connectivity index (χ3v) is 6.46. The lowest BCUT2D eigenvalue weighted by molar-refractivity contribution is -0.140. The van der Waals surface area contributed by atoms with E-state index in [0.717, 1.165) is 4.31 Å². The maximum atomic E-state index is 12.5. The zero-order valence-electron chi connectivity index (χ0n) is 11.3. The lowest BCUT2D eigenvalue weighted by Crippen LogP contribution is -2.45. The maximum absolute atomic E-state index is 12.5. The molecule has 1 aromatic rings. The summed E-state index contributed by atoms with van der Waals surface area (Å²) in [7, 11) is -3.73. The molecule has 1 N–H and O–H groups in total. The number of hydrogen-bond acceptors (Lipinski definition) is 5. The van der Waals surface area contributed by atoms with Crippen molar-refractivity contribution in [1.82, 2.24) is 4.31 Å². The lowest BCUT2D eigenvalue weighted by atomic mass is 10.2. The van der Waals surface area contributed by atoms with Crippen molar-refractivity contribution in [3.63, 3.8) is 0 Å². The Morgan fingerprint density at radius 2 is 2.10 bits per heavy atom. The molecule has 1 heterocycles. The van der Waals surface area contributed by atoms with Crippen LogP contribution in [0.3, 0.4) is 0 Å². The van der Waals surface area contributed by atoms with E-state index in [1.807, 2.05) is 6.07 Å². The number of carbonyl (C=O) groups is 1. The third kappa shape index (κ3) is 3.37. The largest absolute Gasteiger partial charge is 0.480 e. The van der Waals surface area contributed by atoms with Crippen LogP contribution in [-0.4, -0.2) is 41.0 Å². The normalized spacial score (nSPS) is 22.9. The van der Waals surface area contributed by atoms with Crippen molar-refractivity contribution in [1.29, 1.82) is 5.26 Å². The van der Waals surface area contributed by atoms with E-state index in [2.05, 4.69) is 0 Å². The molecule has 6 nitrogen and oxygen atoms in total. The molecule has 2 unspecified atom stereocenters. The zero-order valence-corrected chi connectivity index (χ0v) is 12.9. The number of carboxylic acids is 1. The SMILES string of the molecule is CC1SCC(C(=O)O)N1S(=O)(=O)Cc1ccc(C#N)cc1. The molecule has 1 aliphatic rings. The molecule has 0 aromatic heterocycles. The van der Waals surface area contributed by atoms with E-state index < -0.39 is 27.4 Å². The van der Waals surface area contributed by atoms with Gasteiger partial charge >= 0.3 is 5.97 Å². The van der Waals surface area contributed by atoms with Gasteiger partial charge in [-0.05, 0) is 24.6 Å². The third-order valence-electron chi connectivity index (χ3n) is 3.20. The Kier molecular flexibility index (Phi) is 4.56. The number of rotatable bonds is 4. The second-order valence-corrected chi connectivity index (χ2v) is 7.90. The first kappa shape index (κ1) is 15.8. The maximum Gasteiger partial charge on any atom is 0.322 e. The van der Waals surface area contributed by atoms with Gasteiger partial charge in [-0.1, -0.05) is 12.1 Å². The molecule has 21 heavy (non-hydrogen) atoms. The van der Waals surface area contributed by atoms with Crippen molar-refractivity contribution in [3.8, 4) is 6.07 Å². The molecule has 112 valence electrons. The summed E-state index contributed by atoms with van der Waals surface area (Å²) in [5.74, 6) is -1.15. The molecule has 8 heteroatoms. The molecule has 0 radical (unpaired) electrons. The van der Waals surface area contributed by atoms with Crippen LogP contribution in [0.4, 0.5) is 0 Å². The predicted octanol–water partition coefficient (Wildman–Crippen LogP) is 1.24. The van der Waals surface area contributed by atoms with Crippen LogP contribution in [0.15, 0.2) is 24.3 Å². The minimum absolute atomic E-state index is 0.253. The van der Waals surface area contributed by atoms with Crippen molar-refractivity contribution < 1.29 is 18.3 Å². The fraction of sp³-hybridized carbons (Fsp3) is 0.385. The first-order chi connectivity index (χ1) is 9.85. The van der Waals surface area contributed by atoms with Crippen molar-refractivity contribution in [2.45, 2.75) is 24.1 Å². The highest BCUT2D eigenvalue weighted by Crippen LogP contribution is 2.32. The van der Waals surface area contributed by atoms with Gasteiger partial charge in [0.15, 0.2) is 0 Å². The smallest absolute Gasteiger partial charge is 0.322 e. The van der Waals surface area contributed by atoms with Crippen molar-refractivity contribution in [2.24, 2.45) is 0 Å². The van der Waals surface area contributed by atoms with Crippen molar-refractivity contribution in [3.05, 3.63) is 35.4 Å². The van der Waals surface area contributed by atoms with Gasteiger partial charge in [0.2, 0.25) is 10.0 Å². The van der Waals surface area contributed by atoms with Gasteiger partial charge in [0.05, 0.1) is 22.8 Å². The van der Waals surface area contributed by atoms with E-state index in [9.17, 15) is 13.2 Å². The highest BCUT2D eigenvalue weighted by molar-refractivity contribution is 8.01. The molecule has 1 fully saturated rings. The molecular formula is C13H14N2O4S2. The number of hydrogen-bond donors (Lipinski definition) is 1. The molecular weight excluding hydrogens is 312 g/mol. The van der Waals surface area contributed by atoms with Gasteiger partial charge in [-0.3, -0.25) is 4.79 Å². The van der Waals surface area contributed by atoms with Gasteiger partial charge in [-0.15, -0.1) is 11.8 Å². The van der Waals surface area contributed by atoms with Gasteiger partial charge in [0.25, 0.3) is 0 Å². The number of carboxylic acid groups (broad SMARTS) is 1. The molecule has 2 rings (SSSR count). The molecule has 0 bridgehead atoms. The predicted molar refractivity (Wildman–Crippen MR) is 79.0 cm³/mol. The number of sulfonamides is 1. The Hall–Kier alpha value is -1.56. The number of benzene rings is 1. The highest BCUT2D eigenvalue weighted by Gasteiger charge is 2.43. The molecule has 1 aliphatic heterocycles. The van der Waals surface area contributed by atoms with Crippen LogP contribution in [0, 0.1) is 11.3 Å². The summed E-state index contributed by atoms with van der Waals surface area (Å²) in [4.78, 5) is 11.2. The fourth-order valence-corrected chi connectivity index (χ4v) is 5.69. The van der Waals surface area contributed by atoms with Crippen LogP contribution in [-0.2, 0) is 20.6 Å². The molecule has 1 aromatic carbocycles. The van der Waals surface area contributed by atoms with E-state index in [4.69, 9.17) is 10.4 Å². The molecule has 0 spiro atoms. The highest BCUT2D eigenvalue weighted by atomic mass is 32.2. The molecule has 1 saturated heterocycles. The average Bonchev–Trinajstić information content (AvgIpc) is 2.82. The monoisotopic (exact) mass is 326 g/mol. The Balaban J connectivity index is 2.24.